The number of nitrogens with one attached hydrogen (secondary N) is 1. The number of thioether (sulfide) groups is 1. The van der Waals surface area contributed by atoms with Gasteiger partial charge in [0, 0.05) is 29.9 Å². The Labute approximate surface area is 202 Å². The second kappa shape index (κ2) is 10.6. The van der Waals surface area contributed by atoms with E-state index in [1.807, 2.05) is 30.1 Å². The molecule has 0 aliphatic heterocycles. The molecular formula is C24H27N5O4S. The summed E-state index contributed by atoms with van der Waals surface area (Å²) in [5.41, 5.74) is 1.98. The Hall–Kier alpha value is -3.53. The molecule has 1 aliphatic rings. The van der Waals surface area contributed by atoms with Gasteiger partial charge in [0.05, 0.1) is 26.5 Å². The molecule has 10 heteroatoms. The SMILES string of the molecule is COc1ccc(OC)c(CN(C(=O)c2cccc(NC(=O)CSc3nncn3C)c2)C2CC2)c1. The molecule has 1 aliphatic carbocycles. The van der Waals surface area contributed by atoms with Crippen LogP contribution in [0.15, 0.2) is 53.9 Å². The fourth-order valence-corrected chi connectivity index (χ4v) is 4.26. The molecule has 0 bridgehead atoms. The third kappa shape index (κ3) is 5.69. The van der Waals surface area contributed by atoms with E-state index in [1.165, 1.54) is 11.8 Å². The van der Waals surface area contributed by atoms with Crippen LogP contribution in [0.5, 0.6) is 11.5 Å². The van der Waals surface area contributed by atoms with Crippen molar-refractivity contribution in [3.05, 3.63) is 59.9 Å². The van der Waals surface area contributed by atoms with Gasteiger partial charge < -0.3 is 24.3 Å². The van der Waals surface area contributed by atoms with Crippen LogP contribution in [0.3, 0.4) is 0 Å². The molecule has 34 heavy (non-hydrogen) atoms. The first-order valence-electron chi connectivity index (χ1n) is 10.9. The number of hydrogen-bond donors (Lipinski definition) is 1. The maximum absolute atomic E-state index is 13.5. The zero-order valence-electron chi connectivity index (χ0n) is 19.4. The monoisotopic (exact) mass is 481 g/mol. The largest absolute Gasteiger partial charge is 0.497 e. The molecule has 0 saturated heterocycles. The molecule has 1 fully saturated rings. The van der Waals surface area contributed by atoms with Crippen molar-refractivity contribution in [2.24, 2.45) is 7.05 Å². The van der Waals surface area contributed by atoms with E-state index in [-0.39, 0.29) is 23.6 Å². The molecule has 178 valence electrons. The van der Waals surface area contributed by atoms with E-state index in [4.69, 9.17) is 9.47 Å². The highest BCUT2D eigenvalue weighted by Crippen LogP contribution is 2.33. The lowest BCUT2D eigenvalue weighted by Crippen LogP contribution is -2.32. The molecule has 4 rings (SSSR count). The van der Waals surface area contributed by atoms with Crippen molar-refractivity contribution in [3.63, 3.8) is 0 Å². The zero-order valence-corrected chi connectivity index (χ0v) is 20.2. The normalized spacial score (nSPS) is 12.8. The maximum atomic E-state index is 13.5. The number of nitrogens with zero attached hydrogens (tertiary/aromatic N) is 4. The summed E-state index contributed by atoms with van der Waals surface area (Å²) >= 11 is 1.30. The number of anilines is 1. The standard InChI is InChI=1S/C24H27N5O4S/c1-28-15-25-27-24(28)34-14-22(30)26-18-6-4-5-16(11-18)23(31)29(19-7-8-19)13-17-12-20(32-2)9-10-21(17)33-3/h4-6,9-12,15,19H,7-8,13-14H2,1-3H3,(H,26,30). The van der Waals surface area contributed by atoms with Crippen molar-refractivity contribution in [2.75, 3.05) is 25.3 Å². The van der Waals surface area contributed by atoms with Gasteiger partial charge in [0.25, 0.3) is 5.91 Å². The highest BCUT2D eigenvalue weighted by molar-refractivity contribution is 7.99. The van der Waals surface area contributed by atoms with Crippen LogP contribution in [0.2, 0.25) is 0 Å². The molecule has 1 aromatic heterocycles. The Kier molecular flexibility index (Phi) is 7.36. The van der Waals surface area contributed by atoms with E-state index in [1.54, 1.807) is 49.4 Å². The lowest BCUT2D eigenvalue weighted by Gasteiger charge is -2.24. The summed E-state index contributed by atoms with van der Waals surface area (Å²) in [6.07, 6.45) is 3.52. The van der Waals surface area contributed by atoms with Gasteiger partial charge in [-0.15, -0.1) is 10.2 Å². The van der Waals surface area contributed by atoms with Crippen molar-refractivity contribution in [1.29, 1.82) is 0 Å². The molecule has 1 heterocycles. The molecule has 0 atom stereocenters. The van der Waals surface area contributed by atoms with Crippen molar-refractivity contribution < 1.29 is 19.1 Å². The smallest absolute Gasteiger partial charge is 0.254 e. The molecule has 2 amide bonds. The highest BCUT2D eigenvalue weighted by atomic mass is 32.2. The van der Waals surface area contributed by atoms with Gasteiger partial charge in [0.15, 0.2) is 5.16 Å². The minimum Gasteiger partial charge on any atom is -0.497 e. The van der Waals surface area contributed by atoms with Crippen LogP contribution in [0.4, 0.5) is 5.69 Å². The van der Waals surface area contributed by atoms with E-state index >= 15 is 0 Å². The van der Waals surface area contributed by atoms with Gasteiger partial charge in [-0.05, 0) is 49.2 Å². The van der Waals surface area contributed by atoms with Crippen molar-refractivity contribution in [1.82, 2.24) is 19.7 Å². The predicted molar refractivity (Wildman–Crippen MR) is 129 cm³/mol. The zero-order chi connectivity index (χ0) is 24.1. The Balaban J connectivity index is 1.45. The Bertz CT molecular complexity index is 1180. The summed E-state index contributed by atoms with van der Waals surface area (Å²) in [4.78, 5) is 27.7. The molecule has 1 saturated carbocycles. The van der Waals surface area contributed by atoms with Gasteiger partial charge in [-0.25, -0.2) is 0 Å². The van der Waals surface area contributed by atoms with Crippen LogP contribution in [0.1, 0.15) is 28.8 Å². The molecule has 2 aromatic carbocycles. The summed E-state index contributed by atoms with van der Waals surface area (Å²) < 4.78 is 12.6. The van der Waals surface area contributed by atoms with E-state index < -0.39 is 0 Å². The number of carbonyl (C=O) groups excluding carboxylic acids is 2. The quantitative estimate of drug-likeness (QED) is 0.443. The molecule has 9 nitrogen and oxygen atoms in total. The third-order valence-electron chi connectivity index (χ3n) is 5.47. The van der Waals surface area contributed by atoms with Crippen molar-refractivity contribution in [2.45, 2.75) is 30.6 Å². The number of aromatic nitrogens is 3. The van der Waals surface area contributed by atoms with E-state index in [0.29, 0.717) is 34.5 Å². The van der Waals surface area contributed by atoms with E-state index in [2.05, 4.69) is 15.5 Å². The maximum Gasteiger partial charge on any atom is 0.254 e. The summed E-state index contributed by atoms with van der Waals surface area (Å²) in [7, 11) is 5.05. The molecule has 3 aromatic rings. The average molecular weight is 482 g/mol. The highest BCUT2D eigenvalue weighted by Gasteiger charge is 2.33. The number of methoxy groups -OCH3 is 2. The molecule has 0 spiro atoms. The number of hydrogen-bond acceptors (Lipinski definition) is 7. The van der Waals surface area contributed by atoms with Crippen molar-refractivity contribution in [3.8, 4) is 11.5 Å². The molecule has 0 unspecified atom stereocenters. The van der Waals surface area contributed by atoms with Crippen molar-refractivity contribution >= 4 is 29.3 Å². The lowest BCUT2D eigenvalue weighted by molar-refractivity contribution is -0.113. The van der Waals surface area contributed by atoms with Gasteiger partial charge in [0.2, 0.25) is 5.91 Å². The molecule has 0 radical (unpaired) electrons. The van der Waals surface area contributed by atoms with Crippen LogP contribution in [-0.4, -0.2) is 57.5 Å². The minimum atomic E-state index is -0.183. The van der Waals surface area contributed by atoms with E-state index in [9.17, 15) is 9.59 Å². The van der Waals surface area contributed by atoms with Crippen LogP contribution >= 0.6 is 11.8 Å². The fourth-order valence-electron chi connectivity index (χ4n) is 3.57. The van der Waals surface area contributed by atoms with E-state index in [0.717, 1.165) is 18.4 Å². The first-order valence-corrected chi connectivity index (χ1v) is 11.9. The number of rotatable bonds is 10. The second-order valence-electron chi connectivity index (χ2n) is 7.98. The summed E-state index contributed by atoms with van der Waals surface area (Å²) in [6, 6.07) is 12.8. The van der Waals surface area contributed by atoms with Crippen LogP contribution in [-0.2, 0) is 18.4 Å². The first-order chi connectivity index (χ1) is 16.5. The summed E-state index contributed by atoms with van der Waals surface area (Å²) in [5.74, 6) is 1.34. The lowest BCUT2D eigenvalue weighted by atomic mass is 10.1. The van der Waals surface area contributed by atoms with Crippen LogP contribution < -0.4 is 14.8 Å². The number of aryl methyl sites for hydroxylation is 1. The Morgan fingerprint density at radius 2 is 2.00 bits per heavy atom. The average Bonchev–Trinajstić information content (AvgIpc) is 3.61. The molecule has 1 N–H and O–H groups in total. The second-order valence-corrected chi connectivity index (χ2v) is 8.93. The van der Waals surface area contributed by atoms with Gasteiger partial charge in [-0.1, -0.05) is 17.8 Å². The minimum absolute atomic E-state index is 0.0862. The van der Waals surface area contributed by atoms with Gasteiger partial charge in [-0.3, -0.25) is 9.59 Å². The Morgan fingerprint density at radius 1 is 1.18 bits per heavy atom. The number of amides is 2. The summed E-state index contributed by atoms with van der Waals surface area (Å²) in [5, 5.41) is 11.3. The van der Waals surface area contributed by atoms with Gasteiger partial charge in [0.1, 0.15) is 17.8 Å². The topological polar surface area (TPSA) is 98.6 Å². The third-order valence-corrected chi connectivity index (χ3v) is 6.51. The number of benzene rings is 2. The number of carbonyl (C=O) groups is 2. The summed E-state index contributed by atoms with van der Waals surface area (Å²) in [6.45, 7) is 0.412. The van der Waals surface area contributed by atoms with Crippen LogP contribution in [0, 0.1) is 0 Å². The van der Waals surface area contributed by atoms with Gasteiger partial charge >= 0.3 is 0 Å². The predicted octanol–water partition coefficient (Wildman–Crippen LogP) is 3.37. The van der Waals surface area contributed by atoms with Crippen LogP contribution in [0.25, 0.3) is 0 Å². The van der Waals surface area contributed by atoms with Gasteiger partial charge in [-0.2, -0.15) is 0 Å². The fraction of sp³-hybridized carbons (Fsp3) is 0.333. The Morgan fingerprint density at radius 3 is 2.68 bits per heavy atom. The first kappa shape index (κ1) is 23.6. The number of ether oxygens (including phenoxy) is 2. The molecular weight excluding hydrogens is 454 g/mol.